The van der Waals surface area contributed by atoms with Crippen LogP contribution in [0.5, 0.6) is 0 Å². The van der Waals surface area contributed by atoms with Gasteiger partial charge in [0.2, 0.25) is 5.91 Å². The Labute approximate surface area is 96.6 Å². The van der Waals surface area contributed by atoms with Crippen LogP contribution in [0.1, 0.15) is 40.5 Å². The highest BCUT2D eigenvalue weighted by atomic mass is 16.4. The average Bonchev–Trinajstić information content (AvgIpc) is 2.11. The molecule has 0 aromatic heterocycles. The first-order chi connectivity index (χ1) is 7.25. The number of hydrogen-bond acceptors (Lipinski definition) is 3. The first-order valence-electron chi connectivity index (χ1n) is 5.53. The third-order valence-corrected chi connectivity index (χ3v) is 2.12. The molecule has 0 heterocycles. The van der Waals surface area contributed by atoms with Crippen LogP contribution in [0.2, 0.25) is 0 Å². The highest BCUT2D eigenvalue weighted by molar-refractivity contribution is 5.86. The number of carbonyl (C=O) groups is 2. The lowest BCUT2D eigenvalue weighted by atomic mass is 10.1. The van der Waals surface area contributed by atoms with Crippen molar-refractivity contribution in [3.8, 4) is 0 Å². The zero-order valence-electron chi connectivity index (χ0n) is 10.5. The van der Waals surface area contributed by atoms with Gasteiger partial charge in [0.15, 0.2) is 0 Å². The Bertz CT molecular complexity index is 250. The predicted molar refractivity (Wildman–Crippen MR) is 62.2 cm³/mol. The number of rotatable bonds is 7. The highest BCUT2D eigenvalue weighted by Gasteiger charge is 2.28. The van der Waals surface area contributed by atoms with Crippen LogP contribution < -0.4 is 10.6 Å². The van der Waals surface area contributed by atoms with Crippen molar-refractivity contribution < 1.29 is 14.7 Å². The summed E-state index contributed by atoms with van der Waals surface area (Å²) in [6, 6.07) is 0.401. The smallest absolute Gasteiger partial charge is 0.328 e. The molecule has 0 radical (unpaired) electrons. The minimum Gasteiger partial charge on any atom is -0.480 e. The van der Waals surface area contributed by atoms with Gasteiger partial charge in [0, 0.05) is 12.5 Å². The minimum absolute atomic E-state index is 0.224. The number of carboxylic acids is 1. The van der Waals surface area contributed by atoms with Crippen LogP contribution in [0.3, 0.4) is 0 Å². The van der Waals surface area contributed by atoms with Crippen LogP contribution in [0, 0.1) is 0 Å². The second-order valence-electron chi connectivity index (χ2n) is 4.69. The molecule has 3 N–H and O–H groups in total. The Balaban J connectivity index is 3.79. The fraction of sp³-hybridized carbons (Fsp3) is 0.818. The first-order valence-corrected chi connectivity index (χ1v) is 5.53. The molecule has 0 fully saturated rings. The zero-order chi connectivity index (χ0) is 12.8. The van der Waals surface area contributed by atoms with E-state index in [1.165, 1.54) is 13.8 Å². The molecular formula is C11H22N2O3. The quantitative estimate of drug-likeness (QED) is 0.564. The molecule has 0 aliphatic carbocycles. The Kier molecular flexibility index (Phi) is 6.03. The second-order valence-corrected chi connectivity index (χ2v) is 4.69. The van der Waals surface area contributed by atoms with E-state index in [0.717, 1.165) is 6.54 Å². The summed E-state index contributed by atoms with van der Waals surface area (Å²) < 4.78 is 0. The maximum atomic E-state index is 11.4. The average molecular weight is 230 g/mol. The maximum Gasteiger partial charge on any atom is 0.328 e. The van der Waals surface area contributed by atoms with Crippen LogP contribution in [0.25, 0.3) is 0 Å². The fourth-order valence-corrected chi connectivity index (χ4v) is 1.10. The van der Waals surface area contributed by atoms with E-state index in [1.807, 2.05) is 13.8 Å². The Morgan fingerprint density at radius 2 is 1.88 bits per heavy atom. The highest BCUT2D eigenvalue weighted by Crippen LogP contribution is 2.02. The molecule has 0 bridgehead atoms. The molecule has 0 spiro atoms. The SMILES string of the molecule is CC(C)NCCCC(=O)NC(C)(C)C(=O)O. The summed E-state index contributed by atoms with van der Waals surface area (Å²) in [6.07, 6.45) is 1.05. The Hall–Kier alpha value is -1.10. The second kappa shape index (κ2) is 6.48. The lowest BCUT2D eigenvalue weighted by Gasteiger charge is -2.21. The fourth-order valence-electron chi connectivity index (χ4n) is 1.10. The van der Waals surface area contributed by atoms with Crippen molar-refractivity contribution in [2.75, 3.05) is 6.54 Å². The molecule has 5 nitrogen and oxygen atoms in total. The van der Waals surface area contributed by atoms with E-state index in [1.54, 1.807) is 0 Å². The summed E-state index contributed by atoms with van der Waals surface area (Å²) in [6.45, 7) is 7.78. The van der Waals surface area contributed by atoms with E-state index >= 15 is 0 Å². The van der Waals surface area contributed by atoms with E-state index in [-0.39, 0.29) is 5.91 Å². The normalized spacial score (nSPS) is 11.6. The lowest BCUT2D eigenvalue weighted by Crippen LogP contribution is -2.49. The van der Waals surface area contributed by atoms with Gasteiger partial charge >= 0.3 is 5.97 Å². The van der Waals surface area contributed by atoms with Gasteiger partial charge in [-0.05, 0) is 26.8 Å². The van der Waals surface area contributed by atoms with Gasteiger partial charge in [-0.25, -0.2) is 4.79 Å². The summed E-state index contributed by atoms with van der Waals surface area (Å²) in [5, 5.41) is 14.5. The van der Waals surface area contributed by atoms with E-state index in [0.29, 0.717) is 18.9 Å². The number of carboxylic acid groups (broad SMARTS) is 1. The van der Waals surface area contributed by atoms with Crippen LogP contribution in [0.4, 0.5) is 0 Å². The molecule has 0 saturated carbocycles. The van der Waals surface area contributed by atoms with Crippen LogP contribution in [0.15, 0.2) is 0 Å². The largest absolute Gasteiger partial charge is 0.480 e. The van der Waals surface area contributed by atoms with Crippen molar-refractivity contribution in [1.82, 2.24) is 10.6 Å². The summed E-state index contributed by atoms with van der Waals surface area (Å²) in [5.41, 5.74) is -1.19. The summed E-state index contributed by atoms with van der Waals surface area (Å²) >= 11 is 0. The van der Waals surface area contributed by atoms with Crippen molar-refractivity contribution in [3.05, 3.63) is 0 Å². The molecule has 0 aliphatic rings. The number of hydrogen-bond donors (Lipinski definition) is 3. The van der Waals surface area contributed by atoms with E-state index in [2.05, 4.69) is 10.6 Å². The van der Waals surface area contributed by atoms with Crippen molar-refractivity contribution in [3.63, 3.8) is 0 Å². The monoisotopic (exact) mass is 230 g/mol. The molecular weight excluding hydrogens is 208 g/mol. The standard InChI is InChI=1S/C11H22N2O3/c1-8(2)12-7-5-6-9(14)13-11(3,4)10(15)16/h8,12H,5-7H2,1-4H3,(H,13,14)(H,15,16). The molecule has 5 heteroatoms. The van der Waals surface area contributed by atoms with Gasteiger partial charge < -0.3 is 15.7 Å². The predicted octanol–water partition coefficient (Wildman–Crippen LogP) is 0.744. The van der Waals surface area contributed by atoms with Crippen molar-refractivity contribution >= 4 is 11.9 Å². The van der Waals surface area contributed by atoms with Crippen molar-refractivity contribution in [2.24, 2.45) is 0 Å². The molecule has 0 rings (SSSR count). The molecule has 1 amide bonds. The number of carbonyl (C=O) groups excluding carboxylic acids is 1. The van der Waals surface area contributed by atoms with Gasteiger partial charge in [0.05, 0.1) is 0 Å². The number of aliphatic carboxylic acids is 1. The molecule has 0 aromatic rings. The third kappa shape index (κ3) is 6.40. The minimum atomic E-state index is -1.19. The number of amides is 1. The maximum absolute atomic E-state index is 11.4. The van der Waals surface area contributed by atoms with Gasteiger partial charge in [0.1, 0.15) is 5.54 Å². The molecule has 94 valence electrons. The molecule has 16 heavy (non-hydrogen) atoms. The van der Waals surface area contributed by atoms with Crippen LogP contribution >= 0.6 is 0 Å². The van der Waals surface area contributed by atoms with Crippen LogP contribution in [-0.4, -0.2) is 35.1 Å². The van der Waals surface area contributed by atoms with Crippen molar-refractivity contribution in [1.29, 1.82) is 0 Å². The molecule has 0 unspecified atom stereocenters. The molecule has 0 saturated heterocycles. The summed E-state index contributed by atoms with van der Waals surface area (Å²) in [7, 11) is 0. The van der Waals surface area contributed by atoms with Gasteiger partial charge in [-0.3, -0.25) is 4.79 Å². The Morgan fingerprint density at radius 1 is 1.31 bits per heavy atom. The molecule has 0 aliphatic heterocycles. The van der Waals surface area contributed by atoms with Crippen molar-refractivity contribution in [2.45, 2.75) is 52.1 Å². The zero-order valence-corrected chi connectivity index (χ0v) is 10.5. The van der Waals surface area contributed by atoms with E-state index < -0.39 is 11.5 Å². The molecule has 0 atom stereocenters. The number of nitrogens with one attached hydrogen (secondary N) is 2. The summed E-state index contributed by atoms with van der Waals surface area (Å²) in [4.78, 5) is 22.2. The third-order valence-electron chi connectivity index (χ3n) is 2.12. The first kappa shape index (κ1) is 14.9. The lowest BCUT2D eigenvalue weighted by molar-refractivity contribution is -0.146. The van der Waals surface area contributed by atoms with Gasteiger partial charge in [-0.15, -0.1) is 0 Å². The van der Waals surface area contributed by atoms with Crippen LogP contribution in [-0.2, 0) is 9.59 Å². The van der Waals surface area contributed by atoms with Gasteiger partial charge in [-0.2, -0.15) is 0 Å². The molecule has 0 aromatic carbocycles. The van der Waals surface area contributed by atoms with E-state index in [4.69, 9.17) is 5.11 Å². The topological polar surface area (TPSA) is 78.4 Å². The van der Waals surface area contributed by atoms with Gasteiger partial charge in [0.25, 0.3) is 0 Å². The summed E-state index contributed by atoms with van der Waals surface area (Å²) in [5.74, 6) is -1.25. The Morgan fingerprint density at radius 3 is 2.31 bits per heavy atom. The van der Waals surface area contributed by atoms with E-state index in [9.17, 15) is 9.59 Å². The van der Waals surface area contributed by atoms with Gasteiger partial charge in [-0.1, -0.05) is 13.8 Å².